The molecule has 2 rings (SSSR count). The van der Waals surface area contributed by atoms with Gasteiger partial charge in [0.1, 0.15) is 12.2 Å². The molecule has 1 aromatic carbocycles. The van der Waals surface area contributed by atoms with Crippen molar-refractivity contribution in [2.24, 2.45) is 0 Å². The lowest BCUT2D eigenvalue weighted by Crippen LogP contribution is -2.61. The molecule has 0 radical (unpaired) electrons. The Morgan fingerprint density at radius 2 is 1.46 bits per heavy atom. The molecule has 0 amide bonds. The third-order valence-electron chi connectivity index (χ3n) is 5.05. The van der Waals surface area contributed by atoms with Crippen LogP contribution < -0.4 is 0 Å². The van der Waals surface area contributed by atoms with Crippen LogP contribution in [0.15, 0.2) is 24.3 Å². The maximum Gasteiger partial charge on any atom is 0.303 e. The molecule has 1 aliphatic rings. The van der Waals surface area contributed by atoms with Crippen molar-refractivity contribution in [2.75, 3.05) is 0 Å². The molecule has 5 heteroatoms. The van der Waals surface area contributed by atoms with Crippen LogP contribution in [0.1, 0.15) is 84.6 Å². The van der Waals surface area contributed by atoms with Gasteiger partial charge in [0.25, 0.3) is 0 Å². The number of aliphatic hydroxyl groups is 1. The van der Waals surface area contributed by atoms with E-state index >= 15 is 0 Å². The molecule has 0 aromatic heterocycles. The lowest BCUT2D eigenvalue weighted by Gasteiger charge is -2.53. The number of hydrogen-bond donors (Lipinski definition) is 1. The van der Waals surface area contributed by atoms with Crippen LogP contribution in [0.25, 0.3) is 0 Å². The number of carbonyl (C=O) groups excluding carboxylic acids is 1. The average Bonchev–Trinajstić information content (AvgIpc) is 2.49. The summed E-state index contributed by atoms with van der Waals surface area (Å²) < 4.78 is 5.22. The van der Waals surface area contributed by atoms with Gasteiger partial charge >= 0.3 is 5.97 Å². The lowest BCUT2D eigenvalue weighted by atomic mass is 9.80. The van der Waals surface area contributed by atoms with Crippen molar-refractivity contribution in [3.05, 3.63) is 35.4 Å². The van der Waals surface area contributed by atoms with Crippen molar-refractivity contribution in [2.45, 2.75) is 90.7 Å². The van der Waals surface area contributed by atoms with Crippen LogP contribution in [-0.2, 0) is 14.4 Å². The molecular formula is C21H33NO4. The van der Waals surface area contributed by atoms with Gasteiger partial charge < -0.3 is 9.84 Å². The fourth-order valence-electron chi connectivity index (χ4n) is 4.07. The van der Waals surface area contributed by atoms with Gasteiger partial charge in [-0.3, -0.25) is 9.63 Å². The fourth-order valence-corrected chi connectivity index (χ4v) is 4.07. The Morgan fingerprint density at radius 1 is 1.04 bits per heavy atom. The molecule has 1 aliphatic heterocycles. The molecule has 0 bridgehead atoms. The third kappa shape index (κ3) is 4.84. The Balaban J connectivity index is 2.11. The Bertz CT molecular complexity index is 605. The zero-order valence-electron chi connectivity index (χ0n) is 17.1. The molecule has 1 heterocycles. The molecular weight excluding hydrogens is 330 g/mol. The summed E-state index contributed by atoms with van der Waals surface area (Å²) in [6.45, 7) is 13.7. The molecule has 0 spiro atoms. The van der Waals surface area contributed by atoms with Crippen LogP contribution >= 0.6 is 0 Å². The van der Waals surface area contributed by atoms with Gasteiger partial charge in [0.2, 0.25) is 0 Å². The van der Waals surface area contributed by atoms with Gasteiger partial charge in [-0.15, -0.1) is 0 Å². The molecule has 26 heavy (non-hydrogen) atoms. The first-order valence-corrected chi connectivity index (χ1v) is 9.34. The van der Waals surface area contributed by atoms with Crippen LogP contribution in [0, 0.1) is 0 Å². The predicted octanol–water partition coefficient (Wildman–Crippen LogP) is 4.32. The number of aliphatic hydroxyl groups excluding tert-OH is 1. The molecule has 0 aliphatic carbocycles. The number of carbonyl (C=O) groups is 1. The molecule has 1 N–H and O–H groups in total. The molecule has 1 aromatic rings. The van der Waals surface area contributed by atoms with E-state index in [-0.39, 0.29) is 35.4 Å². The minimum atomic E-state index is -0.308. The highest BCUT2D eigenvalue weighted by molar-refractivity contribution is 5.66. The summed E-state index contributed by atoms with van der Waals surface area (Å²) in [5, 5.41) is 12.2. The van der Waals surface area contributed by atoms with Crippen molar-refractivity contribution in [1.29, 1.82) is 0 Å². The van der Waals surface area contributed by atoms with E-state index in [1.807, 2.05) is 43.2 Å². The predicted molar refractivity (Wildman–Crippen MR) is 101 cm³/mol. The van der Waals surface area contributed by atoms with Crippen LogP contribution in [0.5, 0.6) is 0 Å². The Kier molecular flexibility index (Phi) is 6.16. The van der Waals surface area contributed by atoms with Crippen LogP contribution in [-0.4, -0.2) is 33.3 Å². The van der Waals surface area contributed by atoms with Crippen molar-refractivity contribution >= 4 is 5.97 Å². The summed E-state index contributed by atoms with van der Waals surface area (Å²) in [6, 6.07) is 7.97. The van der Waals surface area contributed by atoms with E-state index in [2.05, 4.69) is 27.7 Å². The molecule has 5 nitrogen and oxygen atoms in total. The summed E-state index contributed by atoms with van der Waals surface area (Å²) >= 11 is 0. The van der Waals surface area contributed by atoms with Crippen LogP contribution in [0.3, 0.4) is 0 Å². The molecule has 1 saturated heterocycles. The molecule has 0 saturated carbocycles. The topological polar surface area (TPSA) is 59.0 Å². The summed E-state index contributed by atoms with van der Waals surface area (Å²) in [4.78, 5) is 17.5. The standard InChI is InChI=1S/C21H33NO4/c1-14(25-16(3)23)17-8-10-18(11-9-17)15(2)26-22-20(4,5)12-19(24)13-21(22,6)7/h8-11,14-15,19,24H,12-13H2,1-7H3. The highest BCUT2D eigenvalue weighted by atomic mass is 16.7. The third-order valence-corrected chi connectivity index (χ3v) is 5.05. The van der Waals surface area contributed by atoms with Gasteiger partial charge in [0.05, 0.1) is 6.10 Å². The van der Waals surface area contributed by atoms with Gasteiger partial charge in [0, 0.05) is 18.0 Å². The zero-order chi connectivity index (χ0) is 19.7. The normalized spacial score (nSPS) is 22.6. The number of esters is 1. The van der Waals surface area contributed by atoms with Gasteiger partial charge in [0.15, 0.2) is 0 Å². The van der Waals surface area contributed by atoms with E-state index in [9.17, 15) is 9.90 Å². The first-order valence-electron chi connectivity index (χ1n) is 9.34. The van der Waals surface area contributed by atoms with Crippen molar-refractivity contribution in [1.82, 2.24) is 5.06 Å². The average molecular weight is 363 g/mol. The Morgan fingerprint density at radius 3 is 1.88 bits per heavy atom. The van der Waals surface area contributed by atoms with E-state index in [4.69, 9.17) is 9.57 Å². The van der Waals surface area contributed by atoms with E-state index in [0.29, 0.717) is 12.8 Å². The monoisotopic (exact) mass is 363 g/mol. The summed E-state index contributed by atoms with van der Waals surface area (Å²) in [5.74, 6) is -0.282. The van der Waals surface area contributed by atoms with E-state index < -0.39 is 0 Å². The van der Waals surface area contributed by atoms with Crippen molar-refractivity contribution in [3.63, 3.8) is 0 Å². The number of benzene rings is 1. The molecule has 146 valence electrons. The Labute approximate surface area is 157 Å². The van der Waals surface area contributed by atoms with E-state index in [1.54, 1.807) is 0 Å². The number of ether oxygens (including phenoxy) is 1. The highest BCUT2D eigenvalue weighted by Crippen LogP contribution is 2.40. The molecule has 2 atom stereocenters. The lowest BCUT2D eigenvalue weighted by molar-refractivity contribution is -0.313. The molecule has 1 fully saturated rings. The van der Waals surface area contributed by atoms with E-state index in [0.717, 1.165) is 11.1 Å². The van der Waals surface area contributed by atoms with Gasteiger partial charge in [-0.05, 0) is 65.5 Å². The first kappa shape index (κ1) is 20.9. The van der Waals surface area contributed by atoms with Crippen molar-refractivity contribution < 1.29 is 19.5 Å². The maximum atomic E-state index is 11.1. The minimum absolute atomic E-state index is 0.123. The van der Waals surface area contributed by atoms with Gasteiger partial charge in [-0.25, -0.2) is 0 Å². The SMILES string of the molecule is CC(=O)OC(C)c1ccc(C(C)ON2C(C)(C)CC(O)CC2(C)C)cc1. The summed E-state index contributed by atoms with van der Waals surface area (Å²) in [7, 11) is 0. The van der Waals surface area contributed by atoms with Crippen LogP contribution in [0.2, 0.25) is 0 Å². The van der Waals surface area contributed by atoms with Crippen molar-refractivity contribution in [3.8, 4) is 0 Å². The number of hydroxylamine groups is 2. The summed E-state index contributed by atoms with van der Waals surface area (Å²) in [5.41, 5.74) is 1.51. The maximum absolute atomic E-state index is 11.1. The van der Waals surface area contributed by atoms with Crippen LogP contribution in [0.4, 0.5) is 0 Å². The number of nitrogens with zero attached hydrogens (tertiary/aromatic N) is 1. The second-order valence-corrected chi connectivity index (χ2v) is 8.65. The number of rotatable bonds is 5. The largest absolute Gasteiger partial charge is 0.458 e. The Hall–Kier alpha value is -1.43. The highest BCUT2D eigenvalue weighted by Gasteiger charge is 2.46. The second-order valence-electron chi connectivity index (χ2n) is 8.65. The zero-order valence-corrected chi connectivity index (χ0v) is 17.1. The number of hydrogen-bond acceptors (Lipinski definition) is 5. The first-order chi connectivity index (χ1) is 11.9. The number of piperidine rings is 1. The quantitative estimate of drug-likeness (QED) is 0.790. The minimum Gasteiger partial charge on any atom is -0.458 e. The molecule has 2 unspecified atom stereocenters. The second kappa shape index (κ2) is 7.67. The van der Waals surface area contributed by atoms with Gasteiger partial charge in [-0.1, -0.05) is 24.3 Å². The summed E-state index contributed by atoms with van der Waals surface area (Å²) in [6.07, 6.45) is 0.669. The van der Waals surface area contributed by atoms with E-state index in [1.165, 1.54) is 6.92 Å². The smallest absolute Gasteiger partial charge is 0.303 e. The fraction of sp³-hybridized carbons (Fsp3) is 0.667. The van der Waals surface area contributed by atoms with Gasteiger partial charge in [-0.2, -0.15) is 5.06 Å².